The van der Waals surface area contributed by atoms with Crippen molar-refractivity contribution in [2.24, 2.45) is 0 Å². The third-order valence-electron chi connectivity index (χ3n) is 0. The molecule has 0 unspecified atom stereocenters. The summed E-state index contributed by atoms with van der Waals surface area (Å²) in [4.78, 5) is 0. The zero-order valence-electron chi connectivity index (χ0n) is 1.57. The quantitative estimate of drug-likeness (QED) is 0.440. The second-order valence-corrected chi connectivity index (χ2v) is 0. The van der Waals surface area contributed by atoms with E-state index in [1.54, 1.807) is 0 Å². The summed E-state index contributed by atoms with van der Waals surface area (Å²) in [7, 11) is 0. The van der Waals surface area contributed by atoms with Crippen molar-refractivity contribution in [2.75, 3.05) is 0 Å². The Morgan fingerprint density at radius 2 is 1.00 bits per heavy atom. The fraction of sp³-hybridized carbons (Fsp3) is 0. The van der Waals surface area contributed by atoms with Gasteiger partial charge in [0, 0.05) is 132 Å². The van der Waals surface area contributed by atoms with Crippen LogP contribution in [0.2, 0.25) is 0 Å². The zero-order chi connectivity index (χ0) is 0. The van der Waals surface area contributed by atoms with Crippen molar-refractivity contribution in [2.45, 2.75) is 0 Å². The van der Waals surface area contributed by atoms with E-state index >= 15 is 0 Å². The van der Waals surface area contributed by atoms with E-state index < -0.39 is 0 Å². The Labute approximate surface area is 128 Å². The number of rotatable bonds is 0. The van der Waals surface area contributed by atoms with Gasteiger partial charge in [0.2, 0.25) is 0 Å². The van der Waals surface area contributed by atoms with Crippen molar-refractivity contribution < 1.29 is 132 Å². The van der Waals surface area contributed by atoms with Gasteiger partial charge in [-0.05, 0) is 0 Å². The first kappa shape index (κ1) is 23.9. The molecule has 1 radical (unpaired) electrons. The largest absolute Gasteiger partial charge is 0 e. The monoisotopic (exact) mass is 467 g/mol. The van der Waals surface area contributed by atoms with Crippen molar-refractivity contribution in [1.82, 2.24) is 0 Å². The summed E-state index contributed by atoms with van der Waals surface area (Å²) in [5, 5.41) is 0. The van der Waals surface area contributed by atoms with Gasteiger partial charge in [0.1, 0.15) is 0 Å². The standard InChI is InChI=1S/Ce.Cu.Yb.Zr. The molecule has 0 spiro atoms. The van der Waals surface area contributed by atoms with Crippen LogP contribution in [0.5, 0.6) is 0 Å². The maximum absolute atomic E-state index is 0. The summed E-state index contributed by atoms with van der Waals surface area (Å²) in [6.07, 6.45) is 0. The molecule has 4 heavy (non-hydrogen) atoms. The summed E-state index contributed by atoms with van der Waals surface area (Å²) < 4.78 is 0. The molecule has 0 aromatic carbocycles. The van der Waals surface area contributed by atoms with Gasteiger partial charge in [0.05, 0.1) is 0 Å². The SMILES string of the molecule is [Ce].[Cu].[Yb].[Zr]. The van der Waals surface area contributed by atoms with Gasteiger partial charge in [0.25, 0.3) is 0 Å². The van der Waals surface area contributed by atoms with E-state index in [1.165, 1.54) is 0 Å². The second kappa shape index (κ2) is 15.7. The van der Waals surface area contributed by atoms with Gasteiger partial charge in [-0.15, -0.1) is 0 Å². The summed E-state index contributed by atoms with van der Waals surface area (Å²) >= 11 is 0. The first-order valence-electron chi connectivity index (χ1n) is 0. The number of hydrogen-bond acceptors (Lipinski definition) is 0. The molecule has 0 amide bonds. The van der Waals surface area contributed by atoms with Crippen LogP contribution in [0.25, 0.3) is 0 Å². The van der Waals surface area contributed by atoms with Gasteiger partial charge in [-0.25, -0.2) is 0 Å². The van der Waals surface area contributed by atoms with Crippen molar-refractivity contribution in [3.63, 3.8) is 0 Å². The van der Waals surface area contributed by atoms with Crippen LogP contribution in [-0.2, 0) is 43.3 Å². The van der Waals surface area contributed by atoms with Gasteiger partial charge in [-0.1, -0.05) is 0 Å². The molecule has 0 aliphatic heterocycles. The molecule has 33 valence electrons. The summed E-state index contributed by atoms with van der Waals surface area (Å²) in [6.45, 7) is 0. The van der Waals surface area contributed by atoms with Crippen LogP contribution >= 0.6 is 0 Å². The predicted molar refractivity (Wildman–Crippen MR) is 0 cm³/mol. The molecule has 0 saturated heterocycles. The van der Waals surface area contributed by atoms with Crippen LogP contribution in [0, 0.1) is 88.7 Å². The Bertz CT molecular complexity index is 8.00. The Hall–Kier alpha value is 4.30. The van der Waals surface area contributed by atoms with Gasteiger partial charge in [-0.3, -0.25) is 0 Å². The van der Waals surface area contributed by atoms with Crippen molar-refractivity contribution in [3.05, 3.63) is 0 Å². The maximum atomic E-state index is 0. The molecule has 0 saturated carbocycles. The molecular weight excluding hydrogens is 468 g/mol. The third kappa shape index (κ3) is 9.57. The van der Waals surface area contributed by atoms with E-state index in [0.29, 0.717) is 0 Å². The van der Waals surface area contributed by atoms with Gasteiger partial charge >= 0.3 is 0 Å². The molecule has 0 nitrogen and oxygen atoms in total. The normalized spacial score (nSPS) is 0. The maximum Gasteiger partial charge on any atom is 0 e. The Morgan fingerprint density at radius 1 is 1.00 bits per heavy atom. The fourth-order valence-electron chi connectivity index (χ4n) is 0. The molecule has 0 aromatic heterocycles. The first-order chi connectivity index (χ1) is 0. The first-order valence-corrected chi connectivity index (χ1v) is 0. The molecule has 0 atom stereocenters. The van der Waals surface area contributed by atoms with Crippen LogP contribution < -0.4 is 0 Å². The summed E-state index contributed by atoms with van der Waals surface area (Å²) in [5.74, 6) is 0. The van der Waals surface area contributed by atoms with Crippen molar-refractivity contribution in [1.29, 1.82) is 0 Å². The molecule has 4 heteroatoms. The Balaban J connectivity index is 0. The molecule has 0 rings (SSSR count). The van der Waals surface area contributed by atoms with Crippen molar-refractivity contribution in [3.8, 4) is 0 Å². The average Bonchev–Trinajstić information content (AvgIpc) is 0. The van der Waals surface area contributed by atoms with Crippen LogP contribution in [0.3, 0.4) is 0 Å². The van der Waals surface area contributed by atoms with E-state index in [4.69, 9.17) is 0 Å². The van der Waals surface area contributed by atoms with E-state index in [9.17, 15) is 0 Å². The molecule has 0 aliphatic carbocycles. The van der Waals surface area contributed by atoms with Crippen LogP contribution in [-0.4, -0.2) is 0 Å². The minimum Gasteiger partial charge on any atom is 0 e. The summed E-state index contributed by atoms with van der Waals surface area (Å²) in [5.41, 5.74) is 0. The van der Waals surface area contributed by atoms with Crippen molar-refractivity contribution >= 4 is 0 Å². The summed E-state index contributed by atoms with van der Waals surface area (Å²) in [6, 6.07) is 0. The molecule has 0 aliphatic rings. The van der Waals surface area contributed by atoms with Crippen LogP contribution in [0.1, 0.15) is 0 Å². The molecule has 0 heterocycles. The van der Waals surface area contributed by atoms with Gasteiger partial charge in [-0.2, -0.15) is 0 Å². The molecule has 0 N–H and O–H groups in total. The van der Waals surface area contributed by atoms with E-state index in [1.807, 2.05) is 0 Å². The zero-order valence-corrected chi connectivity index (χ0v) is 9.82. The Kier molecular flexibility index (Phi) is 93.7. The van der Waals surface area contributed by atoms with Crippen LogP contribution in [0.4, 0.5) is 0 Å². The van der Waals surface area contributed by atoms with E-state index in [-0.39, 0.29) is 132 Å². The Morgan fingerprint density at radius 3 is 1.00 bits per heavy atom. The second-order valence-electron chi connectivity index (χ2n) is 0. The smallest absolute Gasteiger partial charge is 0 e. The fourth-order valence-corrected chi connectivity index (χ4v) is 0. The minimum absolute atomic E-state index is 0. The van der Waals surface area contributed by atoms with Gasteiger partial charge < -0.3 is 0 Å². The predicted octanol–water partition coefficient (Wildman–Crippen LogP) is -0.00500. The van der Waals surface area contributed by atoms with Crippen LogP contribution in [0.15, 0.2) is 0 Å². The average molecular weight is 468 g/mol. The molecule has 0 bridgehead atoms. The van der Waals surface area contributed by atoms with E-state index in [2.05, 4.69) is 0 Å². The van der Waals surface area contributed by atoms with Gasteiger partial charge in [0.15, 0.2) is 0 Å². The minimum atomic E-state index is 0. The molecular formula is CeCuYbZr. The topological polar surface area (TPSA) is 0 Å². The number of hydrogen-bond donors (Lipinski definition) is 0. The molecule has 0 aromatic rings. The third-order valence-corrected chi connectivity index (χ3v) is 0. The van der Waals surface area contributed by atoms with E-state index in [0.717, 1.165) is 0 Å². The molecule has 0 fully saturated rings.